The molecule has 6 unspecified atom stereocenters. The Hall–Kier alpha value is -4.93. The second kappa shape index (κ2) is 15.8. The predicted molar refractivity (Wildman–Crippen MR) is 223 cm³/mol. The van der Waals surface area contributed by atoms with E-state index in [-0.39, 0.29) is 29.3 Å². The summed E-state index contributed by atoms with van der Waals surface area (Å²) in [5, 5.41) is 21.2. The van der Waals surface area contributed by atoms with E-state index >= 15 is 0 Å². The van der Waals surface area contributed by atoms with Gasteiger partial charge in [-0.15, -0.1) is 0 Å². The first-order valence-corrected chi connectivity index (χ1v) is 21.7. The smallest absolute Gasteiger partial charge is 0.309 e. The van der Waals surface area contributed by atoms with Gasteiger partial charge in [-0.2, -0.15) is 0 Å². The van der Waals surface area contributed by atoms with E-state index in [0.29, 0.717) is 84.9 Å². The monoisotopic (exact) mass is 813 g/mol. The first-order chi connectivity index (χ1) is 29.2. The van der Waals surface area contributed by atoms with Crippen LogP contribution in [0.5, 0.6) is 0 Å². The number of aromatic nitrogens is 3. The van der Waals surface area contributed by atoms with E-state index in [4.69, 9.17) is 4.74 Å². The lowest BCUT2D eigenvalue weighted by Crippen LogP contribution is -2.12. The van der Waals surface area contributed by atoms with E-state index in [1.165, 1.54) is 34.9 Å². The first kappa shape index (κ1) is 39.2. The maximum atomic E-state index is 13.6. The summed E-state index contributed by atoms with van der Waals surface area (Å²) in [7, 11) is 0. The lowest BCUT2D eigenvalue weighted by Gasteiger charge is -2.16. The topological polar surface area (TPSA) is 105 Å². The Labute approximate surface area is 347 Å². The number of hydrogen-bond acceptors (Lipinski definition) is 7. The summed E-state index contributed by atoms with van der Waals surface area (Å²) in [6.07, 6.45) is 11.9. The molecule has 3 aromatic heterocycles. The van der Waals surface area contributed by atoms with Gasteiger partial charge in [-0.1, -0.05) is 0 Å². The first-order valence-electron chi connectivity index (χ1n) is 21.7. The van der Waals surface area contributed by atoms with Crippen molar-refractivity contribution in [3.05, 3.63) is 126 Å². The van der Waals surface area contributed by atoms with Gasteiger partial charge >= 0.3 is 5.97 Å². The van der Waals surface area contributed by atoms with Crippen LogP contribution in [0.2, 0.25) is 0 Å². The van der Waals surface area contributed by atoms with Crippen LogP contribution < -0.4 is 0 Å². The maximum Gasteiger partial charge on any atom is 0.309 e. The average Bonchev–Trinajstić information content (AvgIpc) is 4.10. The molecule has 2 N–H and O–H groups in total. The van der Waals surface area contributed by atoms with Crippen LogP contribution in [-0.4, -0.2) is 51.0 Å². The number of ether oxygens (including phenoxy) is 1. The van der Waals surface area contributed by atoms with Crippen LogP contribution in [0.25, 0.3) is 32.7 Å². The van der Waals surface area contributed by atoms with E-state index in [2.05, 4.69) is 15.0 Å². The third-order valence-electron chi connectivity index (χ3n) is 15.2. The summed E-state index contributed by atoms with van der Waals surface area (Å²) in [4.78, 5) is 24.8. The van der Waals surface area contributed by atoms with Crippen LogP contribution in [-0.2, 0) is 9.53 Å². The zero-order valence-electron chi connectivity index (χ0n) is 33.6. The molecule has 0 amide bonds. The molecule has 0 bridgehead atoms. The van der Waals surface area contributed by atoms with Crippen molar-refractivity contribution >= 4 is 38.7 Å². The summed E-state index contributed by atoms with van der Waals surface area (Å²) >= 11 is 0. The lowest BCUT2D eigenvalue weighted by atomic mass is 9.90. The van der Waals surface area contributed by atoms with E-state index in [9.17, 15) is 28.2 Å². The normalized spacial score (nSPS) is 31.4. The number of fused-ring (bicyclic) bond motifs is 6. The fourth-order valence-corrected chi connectivity index (χ4v) is 12.2. The van der Waals surface area contributed by atoms with Gasteiger partial charge in [-0.25, -0.2) is 13.2 Å². The maximum absolute atomic E-state index is 13.6. The summed E-state index contributed by atoms with van der Waals surface area (Å²) in [6, 6.07) is 20.4. The summed E-state index contributed by atoms with van der Waals surface area (Å²) in [6.45, 7) is 2.95. The van der Waals surface area contributed by atoms with Gasteiger partial charge in [0.25, 0.3) is 0 Å². The van der Waals surface area contributed by atoms with E-state index < -0.39 is 0 Å². The van der Waals surface area contributed by atoms with E-state index in [1.807, 2.05) is 37.5 Å². The Morgan fingerprint density at radius 1 is 0.550 bits per heavy atom. The number of pyridine rings is 3. The quantitative estimate of drug-likeness (QED) is 0.155. The predicted octanol–water partition coefficient (Wildman–Crippen LogP) is 9.89. The molecule has 3 heterocycles. The van der Waals surface area contributed by atoms with Crippen LogP contribution >= 0.6 is 0 Å². The van der Waals surface area contributed by atoms with Crippen LogP contribution in [0, 0.1) is 70.7 Å². The van der Waals surface area contributed by atoms with Gasteiger partial charge in [0.15, 0.2) is 0 Å². The highest BCUT2D eigenvalue weighted by Gasteiger charge is 2.60. The number of hydrogen-bond donors (Lipinski definition) is 2. The molecule has 6 fully saturated rings. The van der Waals surface area contributed by atoms with Gasteiger partial charge < -0.3 is 14.9 Å². The minimum Gasteiger partial charge on any atom is -0.466 e. The van der Waals surface area contributed by atoms with Gasteiger partial charge in [-0.3, -0.25) is 19.7 Å². The van der Waals surface area contributed by atoms with Crippen molar-refractivity contribution < 1.29 is 32.9 Å². The number of rotatable bonds is 7. The molecule has 0 radical (unpaired) electrons. The van der Waals surface area contributed by atoms with Crippen molar-refractivity contribution in [2.45, 2.75) is 63.2 Å². The standard InChI is InChI=1S/C18H18FNO2.2C16H16FNO/c1-2-22-18(21)17-14-7-10(8-15(14)17)12-5-6-20-16-4-3-11(19)9-13(12)16;2*17-10-1-2-16-14(7-10)11(3-4-18-16)9-5-12-13(6-9)15(12)8-19/h3-6,9-10,14-15,17H,2,7-8H2,1H3;2*1-4,7,9,12-13,15,19H,5-6,8H2/t10?,14-,15+,17?;2*9?,12-,13+,15?. The highest BCUT2D eigenvalue weighted by atomic mass is 19.1. The number of aliphatic hydroxyl groups excluding tert-OH is 2. The molecule has 6 saturated carbocycles. The average molecular weight is 814 g/mol. The molecule has 60 heavy (non-hydrogen) atoms. The molecular weight excluding hydrogens is 764 g/mol. The van der Waals surface area contributed by atoms with Crippen LogP contribution in [0.1, 0.15) is 79.9 Å². The number of esters is 1. The molecular formula is C50H50F3N3O4. The number of aliphatic hydroxyl groups is 2. The molecule has 0 saturated heterocycles. The number of nitrogens with zero attached hydrogens (tertiary/aromatic N) is 3. The summed E-state index contributed by atoms with van der Waals surface area (Å²) in [5.41, 5.74) is 6.21. The van der Waals surface area contributed by atoms with Gasteiger partial charge in [0, 0.05) is 48.0 Å². The molecule has 3 aromatic carbocycles. The highest BCUT2D eigenvalue weighted by molar-refractivity contribution is 5.84. The third kappa shape index (κ3) is 7.23. The fourth-order valence-electron chi connectivity index (χ4n) is 12.2. The molecule has 0 aliphatic heterocycles. The zero-order valence-corrected chi connectivity index (χ0v) is 33.6. The molecule has 310 valence electrons. The number of carbonyl (C=O) groups is 1. The Morgan fingerprint density at radius 2 is 0.883 bits per heavy atom. The minimum absolute atomic E-state index is 0.0402. The second-order valence-electron chi connectivity index (χ2n) is 18.1. The van der Waals surface area contributed by atoms with Gasteiger partial charge in [0.1, 0.15) is 17.5 Å². The summed E-state index contributed by atoms with van der Waals surface area (Å²) < 4.78 is 45.6. The molecule has 10 heteroatoms. The number of benzene rings is 3. The van der Waals surface area contributed by atoms with Crippen molar-refractivity contribution in [2.24, 2.45) is 53.3 Å². The largest absolute Gasteiger partial charge is 0.466 e. The van der Waals surface area contributed by atoms with Gasteiger partial charge in [0.05, 0.1) is 29.1 Å². The van der Waals surface area contributed by atoms with Crippen LogP contribution in [0.15, 0.2) is 91.4 Å². The number of carbonyl (C=O) groups excluding carboxylic acids is 1. The van der Waals surface area contributed by atoms with E-state index in [0.717, 1.165) is 71.2 Å². The highest BCUT2D eigenvalue weighted by Crippen LogP contribution is 2.64. The lowest BCUT2D eigenvalue weighted by molar-refractivity contribution is -0.145. The Bertz CT molecular complexity index is 2440. The van der Waals surface area contributed by atoms with Crippen molar-refractivity contribution in [3.8, 4) is 0 Å². The van der Waals surface area contributed by atoms with Crippen molar-refractivity contribution in [1.29, 1.82) is 0 Å². The van der Waals surface area contributed by atoms with Crippen LogP contribution in [0.4, 0.5) is 13.2 Å². The van der Waals surface area contributed by atoms with Gasteiger partial charge in [-0.05, 0) is 200 Å². The Kier molecular flexibility index (Phi) is 10.4. The Balaban J connectivity index is 0.000000109. The molecule has 12 rings (SSSR count). The van der Waals surface area contributed by atoms with Crippen LogP contribution in [0.3, 0.4) is 0 Å². The van der Waals surface area contributed by atoms with Gasteiger partial charge in [0.2, 0.25) is 0 Å². The van der Waals surface area contributed by atoms with Crippen molar-refractivity contribution in [1.82, 2.24) is 15.0 Å². The molecule has 0 spiro atoms. The molecule has 12 atom stereocenters. The molecule has 6 aliphatic carbocycles. The number of halogens is 3. The minimum atomic E-state index is -0.227. The zero-order chi connectivity index (χ0) is 41.2. The molecule has 6 aromatic rings. The Morgan fingerprint density at radius 3 is 1.20 bits per heavy atom. The second-order valence-corrected chi connectivity index (χ2v) is 18.1. The van der Waals surface area contributed by atoms with Crippen molar-refractivity contribution in [3.63, 3.8) is 0 Å². The third-order valence-corrected chi connectivity index (χ3v) is 15.2. The van der Waals surface area contributed by atoms with E-state index in [1.54, 1.807) is 42.6 Å². The fraction of sp³-hybridized carbons (Fsp3) is 0.440. The molecule has 6 aliphatic rings. The molecule has 7 nitrogen and oxygen atoms in total. The van der Waals surface area contributed by atoms with Crippen molar-refractivity contribution in [2.75, 3.05) is 19.8 Å². The SMILES string of the molecule is CCOC(=O)C1[C@H]2CC(c3ccnc4ccc(F)cc34)C[C@@H]12.OCC1[C@H]2CC(c3ccnc4ccc(F)cc34)C[C@@H]12.OCC1[C@H]2CC(c3ccnc4ccc(F)cc34)C[C@@H]12. The summed E-state index contributed by atoms with van der Waals surface area (Å²) in [5.74, 6) is 5.54.